The molecule has 2 aromatic rings. The molecule has 4 nitrogen and oxygen atoms in total. The molecule has 2 aromatic carbocycles. The normalized spacial score (nSPS) is 11.4. The molecule has 0 aliphatic rings. The third kappa shape index (κ3) is 3.18. The Hall–Kier alpha value is -2.74. The zero-order valence-corrected chi connectivity index (χ0v) is 10.8. The number of rotatable bonds is 4. The molecule has 0 aliphatic heterocycles. The molecular formula is C15H13FN2O2. The van der Waals surface area contributed by atoms with Crippen LogP contribution in [0.2, 0.25) is 0 Å². The molecule has 2 rings (SSSR count). The number of hydrogen-bond acceptors (Lipinski definition) is 4. The van der Waals surface area contributed by atoms with Gasteiger partial charge in [0.2, 0.25) is 0 Å². The highest BCUT2D eigenvalue weighted by atomic mass is 19.1. The van der Waals surface area contributed by atoms with Crippen LogP contribution in [0.25, 0.3) is 0 Å². The standard InChI is InChI=1S/C15H13FN2O2/c1-20-14-4-2-12(3-5-14)18-15(9-17)10-6-11(16)8-13(19)7-10/h2-8,15,18-19H,1H3. The van der Waals surface area contributed by atoms with Gasteiger partial charge in [-0.3, -0.25) is 0 Å². The second kappa shape index (κ2) is 5.93. The van der Waals surface area contributed by atoms with Crippen molar-refractivity contribution in [3.63, 3.8) is 0 Å². The second-order valence-corrected chi connectivity index (χ2v) is 4.18. The van der Waals surface area contributed by atoms with Crippen LogP contribution in [0.4, 0.5) is 10.1 Å². The van der Waals surface area contributed by atoms with E-state index in [1.54, 1.807) is 31.4 Å². The fraction of sp³-hybridized carbons (Fsp3) is 0.133. The summed E-state index contributed by atoms with van der Waals surface area (Å²) in [5.41, 5.74) is 1.06. The highest BCUT2D eigenvalue weighted by molar-refractivity contribution is 5.50. The van der Waals surface area contributed by atoms with Gasteiger partial charge >= 0.3 is 0 Å². The highest BCUT2D eigenvalue weighted by Crippen LogP contribution is 2.24. The third-order valence-corrected chi connectivity index (χ3v) is 2.77. The first-order chi connectivity index (χ1) is 9.62. The van der Waals surface area contributed by atoms with Crippen LogP contribution >= 0.6 is 0 Å². The maximum absolute atomic E-state index is 13.2. The predicted molar refractivity (Wildman–Crippen MR) is 73.0 cm³/mol. The van der Waals surface area contributed by atoms with E-state index in [9.17, 15) is 14.8 Å². The number of phenols is 1. The van der Waals surface area contributed by atoms with Crippen LogP contribution in [0.5, 0.6) is 11.5 Å². The minimum Gasteiger partial charge on any atom is -0.508 e. The van der Waals surface area contributed by atoms with Crippen molar-refractivity contribution in [1.82, 2.24) is 0 Å². The van der Waals surface area contributed by atoms with E-state index in [4.69, 9.17) is 4.74 Å². The number of phenolic OH excluding ortho intramolecular Hbond substituents is 1. The van der Waals surface area contributed by atoms with Crippen LogP contribution in [0, 0.1) is 17.1 Å². The molecule has 0 radical (unpaired) electrons. The molecule has 0 aromatic heterocycles. The zero-order valence-electron chi connectivity index (χ0n) is 10.8. The fourth-order valence-corrected chi connectivity index (χ4v) is 1.81. The molecule has 0 aliphatic carbocycles. The lowest BCUT2D eigenvalue weighted by Gasteiger charge is -2.14. The van der Waals surface area contributed by atoms with Gasteiger partial charge in [-0.2, -0.15) is 5.26 Å². The molecule has 0 spiro atoms. The Morgan fingerprint density at radius 1 is 1.25 bits per heavy atom. The van der Waals surface area contributed by atoms with Crippen molar-refractivity contribution in [2.24, 2.45) is 0 Å². The molecular weight excluding hydrogens is 259 g/mol. The molecule has 2 N–H and O–H groups in total. The second-order valence-electron chi connectivity index (χ2n) is 4.18. The first kappa shape index (κ1) is 13.7. The third-order valence-electron chi connectivity index (χ3n) is 2.77. The summed E-state index contributed by atoms with van der Waals surface area (Å²) in [5.74, 6) is -0.0963. The number of methoxy groups -OCH3 is 1. The summed E-state index contributed by atoms with van der Waals surface area (Å²) >= 11 is 0. The Morgan fingerprint density at radius 3 is 2.50 bits per heavy atom. The Balaban J connectivity index is 2.22. The number of aromatic hydroxyl groups is 1. The SMILES string of the molecule is COc1ccc(NC(C#N)c2cc(O)cc(F)c2)cc1. The van der Waals surface area contributed by atoms with E-state index in [0.29, 0.717) is 17.0 Å². The van der Waals surface area contributed by atoms with Crippen LogP contribution in [0.3, 0.4) is 0 Å². The van der Waals surface area contributed by atoms with Gasteiger partial charge in [-0.1, -0.05) is 0 Å². The van der Waals surface area contributed by atoms with Crippen molar-refractivity contribution < 1.29 is 14.2 Å². The Labute approximate surface area is 116 Å². The van der Waals surface area contributed by atoms with Gasteiger partial charge in [0.1, 0.15) is 23.4 Å². The summed E-state index contributed by atoms with van der Waals surface area (Å²) in [6.07, 6.45) is 0. The van der Waals surface area contributed by atoms with Crippen LogP contribution < -0.4 is 10.1 Å². The van der Waals surface area contributed by atoms with E-state index in [1.165, 1.54) is 12.1 Å². The zero-order chi connectivity index (χ0) is 14.5. The van der Waals surface area contributed by atoms with Gasteiger partial charge in [0.25, 0.3) is 0 Å². The average Bonchev–Trinajstić information content (AvgIpc) is 2.44. The van der Waals surface area contributed by atoms with Gasteiger partial charge in [-0.05, 0) is 42.0 Å². The largest absolute Gasteiger partial charge is 0.508 e. The molecule has 0 bridgehead atoms. The maximum atomic E-state index is 13.2. The number of halogens is 1. The summed E-state index contributed by atoms with van der Waals surface area (Å²) in [6.45, 7) is 0. The number of nitriles is 1. The van der Waals surface area contributed by atoms with Gasteiger partial charge in [-0.25, -0.2) is 4.39 Å². The smallest absolute Gasteiger partial charge is 0.140 e. The van der Waals surface area contributed by atoms with Crippen LogP contribution in [-0.4, -0.2) is 12.2 Å². The van der Waals surface area contributed by atoms with Gasteiger partial charge in [0, 0.05) is 11.8 Å². The quantitative estimate of drug-likeness (QED) is 0.897. The molecule has 102 valence electrons. The molecule has 0 fully saturated rings. The minimum atomic E-state index is -0.759. The molecule has 0 amide bonds. The van der Waals surface area contributed by atoms with Crippen LogP contribution in [-0.2, 0) is 0 Å². The topological polar surface area (TPSA) is 65.3 Å². The Morgan fingerprint density at radius 2 is 1.95 bits per heavy atom. The Kier molecular flexibility index (Phi) is 4.06. The average molecular weight is 272 g/mol. The van der Waals surface area contributed by atoms with E-state index >= 15 is 0 Å². The number of anilines is 1. The molecule has 20 heavy (non-hydrogen) atoms. The van der Waals surface area contributed by atoms with Crippen molar-refractivity contribution in [1.29, 1.82) is 5.26 Å². The lowest BCUT2D eigenvalue weighted by atomic mass is 10.1. The summed E-state index contributed by atoms with van der Waals surface area (Å²) in [6, 6.07) is 11.8. The van der Waals surface area contributed by atoms with Gasteiger partial charge in [-0.15, -0.1) is 0 Å². The monoisotopic (exact) mass is 272 g/mol. The number of nitrogens with one attached hydrogen (secondary N) is 1. The van der Waals surface area contributed by atoms with E-state index in [-0.39, 0.29) is 5.75 Å². The lowest BCUT2D eigenvalue weighted by Crippen LogP contribution is -2.08. The summed E-state index contributed by atoms with van der Waals surface area (Å²) in [7, 11) is 1.57. The number of nitrogens with zero attached hydrogens (tertiary/aromatic N) is 1. The number of benzene rings is 2. The predicted octanol–water partition coefficient (Wildman–Crippen LogP) is 3.22. The van der Waals surface area contributed by atoms with Crippen molar-refractivity contribution >= 4 is 5.69 Å². The minimum absolute atomic E-state index is 0.211. The molecule has 1 unspecified atom stereocenters. The van der Waals surface area contributed by atoms with Crippen molar-refractivity contribution in [2.75, 3.05) is 12.4 Å². The van der Waals surface area contributed by atoms with Crippen molar-refractivity contribution in [3.8, 4) is 17.6 Å². The molecule has 0 saturated carbocycles. The summed E-state index contributed by atoms with van der Waals surface area (Å²) in [5, 5.41) is 21.5. The van der Waals surface area contributed by atoms with Crippen LogP contribution in [0.1, 0.15) is 11.6 Å². The summed E-state index contributed by atoms with van der Waals surface area (Å²) < 4.78 is 18.3. The van der Waals surface area contributed by atoms with Gasteiger partial charge < -0.3 is 15.2 Å². The highest BCUT2D eigenvalue weighted by Gasteiger charge is 2.12. The molecule has 1 atom stereocenters. The number of ether oxygens (including phenoxy) is 1. The first-order valence-electron chi connectivity index (χ1n) is 5.92. The Bertz CT molecular complexity index is 615. The number of hydrogen-bond donors (Lipinski definition) is 2. The maximum Gasteiger partial charge on any atom is 0.140 e. The van der Waals surface area contributed by atoms with E-state index < -0.39 is 11.9 Å². The van der Waals surface area contributed by atoms with E-state index in [0.717, 1.165) is 6.07 Å². The molecule has 0 heterocycles. The van der Waals surface area contributed by atoms with Gasteiger partial charge in [0.15, 0.2) is 0 Å². The van der Waals surface area contributed by atoms with E-state index in [1.807, 2.05) is 6.07 Å². The first-order valence-corrected chi connectivity index (χ1v) is 5.92. The van der Waals surface area contributed by atoms with Crippen LogP contribution in [0.15, 0.2) is 42.5 Å². The lowest BCUT2D eigenvalue weighted by molar-refractivity contribution is 0.415. The molecule has 5 heteroatoms. The van der Waals surface area contributed by atoms with Crippen molar-refractivity contribution in [2.45, 2.75) is 6.04 Å². The van der Waals surface area contributed by atoms with Crippen molar-refractivity contribution in [3.05, 3.63) is 53.8 Å². The van der Waals surface area contributed by atoms with E-state index in [2.05, 4.69) is 5.32 Å². The van der Waals surface area contributed by atoms with Gasteiger partial charge in [0.05, 0.1) is 13.2 Å². The summed E-state index contributed by atoms with van der Waals surface area (Å²) in [4.78, 5) is 0. The molecule has 0 saturated heterocycles. The fourth-order valence-electron chi connectivity index (χ4n) is 1.81.